The number of rotatable bonds is 5. The van der Waals surface area contributed by atoms with Gasteiger partial charge in [-0.1, -0.05) is 13.8 Å². The molecule has 1 aliphatic heterocycles. The van der Waals surface area contributed by atoms with Crippen LogP contribution in [0.1, 0.15) is 33.6 Å². The molecule has 1 rings (SSSR count). The van der Waals surface area contributed by atoms with Crippen LogP contribution in [-0.2, 0) is 9.53 Å². The molecule has 0 saturated carbocycles. The first kappa shape index (κ1) is 10.5. The van der Waals surface area contributed by atoms with Gasteiger partial charge in [-0.05, 0) is 26.3 Å². The Morgan fingerprint density at radius 3 is 2.54 bits per heavy atom. The number of ether oxygens (including phenoxy) is 1. The van der Waals surface area contributed by atoms with E-state index in [4.69, 9.17) is 4.74 Å². The maximum absolute atomic E-state index is 11.4. The molecule has 3 unspecified atom stereocenters. The van der Waals surface area contributed by atoms with Crippen LogP contribution >= 0.6 is 0 Å². The predicted molar refractivity (Wildman–Crippen MR) is 51.5 cm³/mol. The van der Waals surface area contributed by atoms with Crippen molar-refractivity contribution in [3.8, 4) is 0 Å². The van der Waals surface area contributed by atoms with Crippen molar-refractivity contribution in [1.82, 2.24) is 4.90 Å². The van der Waals surface area contributed by atoms with Crippen molar-refractivity contribution in [3.63, 3.8) is 0 Å². The van der Waals surface area contributed by atoms with Gasteiger partial charge in [-0.3, -0.25) is 9.69 Å². The molecule has 1 heterocycles. The monoisotopic (exact) mass is 185 g/mol. The molecular weight excluding hydrogens is 166 g/mol. The fourth-order valence-corrected chi connectivity index (χ4v) is 1.87. The third-order valence-corrected chi connectivity index (χ3v) is 2.49. The molecule has 3 heteroatoms. The molecule has 0 radical (unpaired) electrons. The quantitative estimate of drug-likeness (QED) is 0.479. The van der Waals surface area contributed by atoms with Gasteiger partial charge in [-0.15, -0.1) is 0 Å². The average Bonchev–Trinajstić information content (AvgIpc) is 2.79. The molecule has 0 aromatic heterocycles. The summed E-state index contributed by atoms with van der Waals surface area (Å²) in [4.78, 5) is 13.6. The minimum Gasteiger partial charge on any atom is -0.465 e. The molecule has 0 bridgehead atoms. The summed E-state index contributed by atoms with van der Waals surface area (Å²) in [6.45, 7) is 7.61. The number of esters is 1. The fourth-order valence-electron chi connectivity index (χ4n) is 1.87. The van der Waals surface area contributed by atoms with E-state index >= 15 is 0 Å². The van der Waals surface area contributed by atoms with Gasteiger partial charge in [-0.25, -0.2) is 0 Å². The SMILES string of the molecule is CCCN1C(CC)C1C(=O)OCC. The molecule has 1 aliphatic rings. The molecule has 0 amide bonds. The number of carbonyl (C=O) groups excluding carboxylic acids is 1. The Labute approximate surface area is 80.1 Å². The Balaban J connectivity index is 2.38. The van der Waals surface area contributed by atoms with Gasteiger partial charge >= 0.3 is 5.97 Å². The Hall–Kier alpha value is -0.570. The van der Waals surface area contributed by atoms with Gasteiger partial charge < -0.3 is 4.74 Å². The van der Waals surface area contributed by atoms with Gasteiger partial charge in [0.1, 0.15) is 6.04 Å². The summed E-state index contributed by atoms with van der Waals surface area (Å²) in [7, 11) is 0. The van der Waals surface area contributed by atoms with Crippen LogP contribution in [0.2, 0.25) is 0 Å². The summed E-state index contributed by atoms with van der Waals surface area (Å²) < 4.78 is 4.99. The summed E-state index contributed by atoms with van der Waals surface area (Å²) in [5.74, 6) is -0.0391. The molecule has 0 N–H and O–H groups in total. The molecule has 3 atom stereocenters. The molecular formula is C10H19NO2. The van der Waals surface area contributed by atoms with Gasteiger partial charge in [0, 0.05) is 6.04 Å². The number of hydrogen-bond donors (Lipinski definition) is 0. The third-order valence-electron chi connectivity index (χ3n) is 2.49. The van der Waals surface area contributed by atoms with Crippen molar-refractivity contribution in [2.24, 2.45) is 0 Å². The maximum atomic E-state index is 11.4. The first-order valence-corrected chi connectivity index (χ1v) is 5.18. The normalized spacial score (nSPS) is 31.5. The van der Waals surface area contributed by atoms with Crippen LogP contribution in [-0.4, -0.2) is 36.1 Å². The second kappa shape index (κ2) is 4.61. The Morgan fingerprint density at radius 1 is 1.38 bits per heavy atom. The summed E-state index contributed by atoms with van der Waals surface area (Å²) in [5, 5.41) is 0. The molecule has 0 spiro atoms. The molecule has 0 aromatic carbocycles. The van der Waals surface area contributed by atoms with E-state index in [-0.39, 0.29) is 12.0 Å². The highest BCUT2D eigenvalue weighted by Gasteiger charge is 2.51. The summed E-state index contributed by atoms with van der Waals surface area (Å²) in [5.41, 5.74) is 0. The van der Waals surface area contributed by atoms with Crippen molar-refractivity contribution < 1.29 is 9.53 Å². The Morgan fingerprint density at radius 2 is 2.08 bits per heavy atom. The van der Waals surface area contributed by atoms with Crippen LogP contribution in [0, 0.1) is 0 Å². The van der Waals surface area contributed by atoms with E-state index in [1.165, 1.54) is 0 Å². The van der Waals surface area contributed by atoms with E-state index in [9.17, 15) is 4.79 Å². The lowest BCUT2D eigenvalue weighted by atomic mass is 10.2. The van der Waals surface area contributed by atoms with Crippen LogP contribution in [0.15, 0.2) is 0 Å². The van der Waals surface area contributed by atoms with E-state index in [0.29, 0.717) is 12.6 Å². The lowest BCUT2D eigenvalue weighted by Gasteiger charge is -2.00. The van der Waals surface area contributed by atoms with Gasteiger partial charge in [0.05, 0.1) is 6.61 Å². The molecule has 0 aromatic rings. The van der Waals surface area contributed by atoms with Crippen LogP contribution in [0.4, 0.5) is 0 Å². The van der Waals surface area contributed by atoms with Gasteiger partial charge in [-0.2, -0.15) is 0 Å². The number of hydrogen-bond acceptors (Lipinski definition) is 3. The lowest BCUT2D eigenvalue weighted by Crippen LogP contribution is -2.16. The Kier molecular flexibility index (Phi) is 3.72. The van der Waals surface area contributed by atoms with Crippen LogP contribution in [0.3, 0.4) is 0 Å². The zero-order chi connectivity index (χ0) is 9.84. The number of carbonyl (C=O) groups is 1. The van der Waals surface area contributed by atoms with E-state index in [0.717, 1.165) is 19.4 Å². The highest BCUT2D eigenvalue weighted by molar-refractivity contribution is 5.80. The maximum Gasteiger partial charge on any atom is 0.324 e. The largest absolute Gasteiger partial charge is 0.465 e. The summed E-state index contributed by atoms with van der Waals surface area (Å²) >= 11 is 0. The minimum absolute atomic E-state index is 0.0391. The standard InChI is InChI=1S/C10H19NO2/c1-4-7-11-8(5-2)9(11)10(12)13-6-3/h8-9H,4-7H2,1-3H3. The van der Waals surface area contributed by atoms with Crippen molar-refractivity contribution in [1.29, 1.82) is 0 Å². The number of nitrogens with zero attached hydrogens (tertiary/aromatic N) is 1. The smallest absolute Gasteiger partial charge is 0.324 e. The molecule has 13 heavy (non-hydrogen) atoms. The van der Waals surface area contributed by atoms with E-state index in [2.05, 4.69) is 18.7 Å². The second-order valence-corrected chi connectivity index (χ2v) is 3.41. The van der Waals surface area contributed by atoms with Crippen LogP contribution < -0.4 is 0 Å². The highest BCUT2D eigenvalue weighted by atomic mass is 16.5. The Bertz CT molecular complexity index is 182. The summed E-state index contributed by atoms with van der Waals surface area (Å²) in [6.07, 6.45) is 2.15. The molecule has 1 saturated heterocycles. The van der Waals surface area contributed by atoms with Gasteiger partial charge in [0.25, 0.3) is 0 Å². The van der Waals surface area contributed by atoms with Gasteiger partial charge in [0.2, 0.25) is 0 Å². The highest BCUT2D eigenvalue weighted by Crippen LogP contribution is 2.31. The molecule has 76 valence electrons. The van der Waals surface area contributed by atoms with E-state index < -0.39 is 0 Å². The first-order valence-electron chi connectivity index (χ1n) is 5.18. The van der Waals surface area contributed by atoms with Crippen LogP contribution in [0.25, 0.3) is 0 Å². The zero-order valence-corrected chi connectivity index (χ0v) is 8.75. The first-order chi connectivity index (χ1) is 6.26. The second-order valence-electron chi connectivity index (χ2n) is 3.41. The molecule has 0 aliphatic carbocycles. The molecule has 3 nitrogen and oxygen atoms in total. The van der Waals surface area contributed by atoms with Gasteiger partial charge in [0.15, 0.2) is 0 Å². The fraction of sp³-hybridized carbons (Fsp3) is 0.900. The van der Waals surface area contributed by atoms with Crippen molar-refractivity contribution in [3.05, 3.63) is 0 Å². The minimum atomic E-state index is -0.0391. The summed E-state index contributed by atoms with van der Waals surface area (Å²) in [6, 6.07) is 0.504. The van der Waals surface area contributed by atoms with E-state index in [1.54, 1.807) is 0 Å². The van der Waals surface area contributed by atoms with Crippen molar-refractivity contribution in [2.75, 3.05) is 13.2 Å². The topological polar surface area (TPSA) is 29.3 Å². The average molecular weight is 185 g/mol. The molecule has 1 fully saturated rings. The lowest BCUT2D eigenvalue weighted by molar-refractivity contribution is -0.143. The third kappa shape index (κ3) is 2.21. The van der Waals surface area contributed by atoms with E-state index in [1.807, 2.05) is 6.92 Å². The van der Waals surface area contributed by atoms with Crippen LogP contribution in [0.5, 0.6) is 0 Å². The van der Waals surface area contributed by atoms with Crippen molar-refractivity contribution >= 4 is 5.97 Å². The zero-order valence-electron chi connectivity index (χ0n) is 8.75. The van der Waals surface area contributed by atoms with Crippen molar-refractivity contribution in [2.45, 2.75) is 45.7 Å². The predicted octanol–water partition coefficient (Wildman–Crippen LogP) is 1.42.